The standard InChI is InChI=1S/C18H11Cl2N3O3S/c1-25-11-5-2-9(3-6-11)15-17(23-26-22-15)21-18(24)16-14(20)12-7-4-10(19)8-13(12)27-16/h2-8H,1H3,(H,21,23,24). The molecule has 2 aromatic heterocycles. The molecule has 0 fully saturated rings. The van der Waals surface area contributed by atoms with E-state index in [1.54, 1.807) is 49.6 Å². The van der Waals surface area contributed by atoms with Crippen LogP contribution < -0.4 is 10.1 Å². The number of thiophene rings is 1. The summed E-state index contributed by atoms with van der Waals surface area (Å²) < 4.78 is 10.8. The number of benzene rings is 2. The summed E-state index contributed by atoms with van der Waals surface area (Å²) in [5.74, 6) is 0.510. The molecule has 1 N–H and O–H groups in total. The first-order valence-electron chi connectivity index (χ1n) is 7.72. The molecule has 0 bridgehead atoms. The summed E-state index contributed by atoms with van der Waals surface area (Å²) in [7, 11) is 1.58. The molecule has 6 nitrogen and oxygen atoms in total. The Labute approximate surface area is 167 Å². The molecule has 136 valence electrons. The maximum atomic E-state index is 12.7. The zero-order valence-corrected chi connectivity index (χ0v) is 16.2. The Hall–Kier alpha value is -2.61. The Balaban J connectivity index is 1.64. The number of methoxy groups -OCH3 is 1. The Morgan fingerprint density at radius 3 is 2.67 bits per heavy atom. The van der Waals surface area contributed by atoms with Gasteiger partial charge in [-0.3, -0.25) is 4.79 Å². The van der Waals surface area contributed by atoms with Gasteiger partial charge in [0.05, 0.1) is 12.1 Å². The van der Waals surface area contributed by atoms with E-state index in [2.05, 4.69) is 15.6 Å². The predicted molar refractivity (Wildman–Crippen MR) is 106 cm³/mol. The second-order valence-corrected chi connectivity index (χ2v) is 7.40. The van der Waals surface area contributed by atoms with E-state index in [0.29, 0.717) is 26.4 Å². The molecule has 2 heterocycles. The average molecular weight is 420 g/mol. The molecule has 0 radical (unpaired) electrons. The summed E-state index contributed by atoms with van der Waals surface area (Å²) in [5, 5.41) is 12.1. The van der Waals surface area contributed by atoms with Gasteiger partial charge < -0.3 is 10.1 Å². The number of fused-ring (bicyclic) bond motifs is 1. The molecule has 2 aromatic carbocycles. The highest BCUT2D eigenvalue weighted by Gasteiger charge is 2.21. The van der Waals surface area contributed by atoms with E-state index in [9.17, 15) is 4.79 Å². The number of nitrogens with zero attached hydrogens (tertiary/aromatic N) is 2. The second kappa shape index (κ2) is 7.19. The Morgan fingerprint density at radius 2 is 1.93 bits per heavy atom. The minimum absolute atomic E-state index is 0.205. The lowest BCUT2D eigenvalue weighted by atomic mass is 10.1. The topological polar surface area (TPSA) is 77.2 Å². The fraction of sp³-hybridized carbons (Fsp3) is 0.0556. The van der Waals surface area contributed by atoms with Gasteiger partial charge >= 0.3 is 0 Å². The fourth-order valence-electron chi connectivity index (χ4n) is 2.56. The van der Waals surface area contributed by atoms with E-state index in [-0.39, 0.29) is 5.82 Å². The SMILES string of the molecule is COc1ccc(-c2nonc2NC(=O)c2sc3cc(Cl)ccc3c2Cl)cc1. The molecule has 0 aliphatic rings. The first-order valence-corrected chi connectivity index (χ1v) is 9.30. The zero-order chi connectivity index (χ0) is 19.0. The predicted octanol–water partition coefficient (Wildman–Crippen LogP) is 5.52. The summed E-state index contributed by atoms with van der Waals surface area (Å²) in [5.41, 5.74) is 1.13. The Kier molecular flexibility index (Phi) is 4.73. The summed E-state index contributed by atoms with van der Waals surface area (Å²) in [6.07, 6.45) is 0. The number of hydrogen-bond acceptors (Lipinski definition) is 6. The smallest absolute Gasteiger partial charge is 0.268 e. The number of ether oxygens (including phenoxy) is 1. The van der Waals surface area contributed by atoms with Crippen LogP contribution >= 0.6 is 34.5 Å². The van der Waals surface area contributed by atoms with Crippen LogP contribution in [0.4, 0.5) is 5.82 Å². The van der Waals surface area contributed by atoms with Crippen LogP contribution in [-0.4, -0.2) is 23.3 Å². The molecular weight excluding hydrogens is 409 g/mol. The van der Waals surface area contributed by atoms with Crippen molar-refractivity contribution in [3.8, 4) is 17.0 Å². The van der Waals surface area contributed by atoms with Crippen molar-refractivity contribution in [2.45, 2.75) is 0 Å². The Bertz CT molecular complexity index is 1140. The van der Waals surface area contributed by atoms with Crippen molar-refractivity contribution < 1.29 is 14.2 Å². The molecule has 0 aliphatic heterocycles. The molecule has 4 aromatic rings. The Morgan fingerprint density at radius 1 is 1.15 bits per heavy atom. The van der Waals surface area contributed by atoms with E-state index in [0.717, 1.165) is 15.6 Å². The maximum Gasteiger partial charge on any atom is 0.268 e. The lowest BCUT2D eigenvalue weighted by Gasteiger charge is -2.03. The minimum atomic E-state index is -0.400. The highest BCUT2D eigenvalue weighted by atomic mass is 35.5. The second-order valence-electron chi connectivity index (χ2n) is 5.53. The molecule has 0 saturated carbocycles. The number of carbonyl (C=O) groups excluding carboxylic acids is 1. The number of amides is 1. The van der Waals surface area contributed by atoms with Crippen molar-refractivity contribution in [3.63, 3.8) is 0 Å². The van der Waals surface area contributed by atoms with E-state index < -0.39 is 5.91 Å². The third kappa shape index (κ3) is 3.37. The first-order chi connectivity index (χ1) is 13.1. The number of hydrogen-bond donors (Lipinski definition) is 1. The number of rotatable bonds is 4. The first kappa shape index (κ1) is 17.8. The largest absolute Gasteiger partial charge is 0.497 e. The van der Waals surface area contributed by atoms with Crippen LogP contribution in [0.25, 0.3) is 21.3 Å². The van der Waals surface area contributed by atoms with E-state index >= 15 is 0 Å². The van der Waals surface area contributed by atoms with Gasteiger partial charge in [0.25, 0.3) is 5.91 Å². The van der Waals surface area contributed by atoms with Crippen LogP contribution in [0.3, 0.4) is 0 Å². The molecule has 1 amide bonds. The van der Waals surface area contributed by atoms with Gasteiger partial charge in [-0.15, -0.1) is 11.3 Å². The molecule has 4 rings (SSSR count). The normalized spacial score (nSPS) is 10.9. The van der Waals surface area contributed by atoms with E-state index in [1.165, 1.54) is 11.3 Å². The summed E-state index contributed by atoms with van der Waals surface area (Å²) in [6.45, 7) is 0. The van der Waals surface area contributed by atoms with Crippen LogP contribution in [0.1, 0.15) is 9.67 Å². The van der Waals surface area contributed by atoms with E-state index in [4.69, 9.17) is 32.6 Å². The number of aromatic nitrogens is 2. The molecule has 27 heavy (non-hydrogen) atoms. The highest BCUT2D eigenvalue weighted by Crippen LogP contribution is 2.37. The van der Waals surface area contributed by atoms with Gasteiger partial charge in [-0.05, 0) is 46.7 Å². The molecule has 0 unspecified atom stereocenters. The monoisotopic (exact) mass is 419 g/mol. The molecule has 0 atom stereocenters. The molecule has 0 spiro atoms. The average Bonchev–Trinajstić information content (AvgIpc) is 3.26. The van der Waals surface area contributed by atoms with Crippen LogP contribution in [0, 0.1) is 0 Å². The quantitative estimate of drug-likeness (QED) is 0.471. The maximum absolute atomic E-state index is 12.7. The highest BCUT2D eigenvalue weighted by molar-refractivity contribution is 7.21. The number of anilines is 1. The van der Waals surface area contributed by atoms with Crippen molar-refractivity contribution in [1.29, 1.82) is 0 Å². The molecule has 9 heteroatoms. The van der Waals surface area contributed by atoms with Crippen molar-refractivity contribution >= 4 is 56.3 Å². The van der Waals surface area contributed by atoms with Crippen LogP contribution in [0.5, 0.6) is 5.75 Å². The van der Waals surface area contributed by atoms with E-state index in [1.807, 2.05) is 0 Å². The summed E-state index contributed by atoms with van der Waals surface area (Å²) in [6, 6.07) is 12.4. The van der Waals surface area contributed by atoms with Gasteiger partial charge in [0.15, 0.2) is 5.69 Å². The van der Waals surface area contributed by atoms with Crippen LogP contribution in [-0.2, 0) is 0 Å². The lowest BCUT2D eigenvalue weighted by Crippen LogP contribution is -2.11. The van der Waals surface area contributed by atoms with Crippen molar-refractivity contribution in [1.82, 2.24) is 10.3 Å². The lowest BCUT2D eigenvalue weighted by molar-refractivity contribution is 0.102. The number of carbonyl (C=O) groups is 1. The molecular formula is C18H11Cl2N3O3S. The molecule has 0 saturated heterocycles. The van der Waals surface area contributed by atoms with Gasteiger partial charge in [-0.25, -0.2) is 4.63 Å². The summed E-state index contributed by atoms with van der Waals surface area (Å²) in [4.78, 5) is 13.1. The summed E-state index contributed by atoms with van der Waals surface area (Å²) >= 11 is 13.6. The zero-order valence-electron chi connectivity index (χ0n) is 13.8. The van der Waals surface area contributed by atoms with Crippen LogP contribution in [0.15, 0.2) is 47.1 Å². The fourth-order valence-corrected chi connectivity index (χ4v) is 4.25. The van der Waals surface area contributed by atoms with Crippen molar-refractivity contribution in [3.05, 3.63) is 57.4 Å². The third-order valence-electron chi connectivity index (χ3n) is 3.88. The van der Waals surface area contributed by atoms with Crippen molar-refractivity contribution in [2.75, 3.05) is 12.4 Å². The van der Waals surface area contributed by atoms with Crippen molar-refractivity contribution in [2.24, 2.45) is 0 Å². The number of nitrogens with one attached hydrogen (secondary N) is 1. The minimum Gasteiger partial charge on any atom is -0.497 e. The van der Waals surface area contributed by atoms with Crippen LogP contribution in [0.2, 0.25) is 10.0 Å². The third-order valence-corrected chi connectivity index (χ3v) is 5.77. The molecule has 0 aliphatic carbocycles. The van der Waals surface area contributed by atoms with Gasteiger partial charge in [0, 0.05) is 20.7 Å². The number of halogens is 2. The van der Waals surface area contributed by atoms with Gasteiger partial charge in [0.2, 0.25) is 5.82 Å². The van der Waals surface area contributed by atoms with Gasteiger partial charge in [0.1, 0.15) is 10.6 Å². The van der Waals surface area contributed by atoms with Gasteiger partial charge in [-0.1, -0.05) is 29.3 Å². The van der Waals surface area contributed by atoms with Gasteiger partial charge in [-0.2, -0.15) is 0 Å².